The highest BCUT2D eigenvalue weighted by Gasteiger charge is 2.02. The summed E-state index contributed by atoms with van der Waals surface area (Å²) in [4.78, 5) is 11.1. The first-order chi connectivity index (χ1) is 26.3. The third-order valence-corrected chi connectivity index (χ3v) is 7.12. The monoisotopic (exact) mass is 880 g/mol. The second-order valence-corrected chi connectivity index (χ2v) is 11.6. The summed E-state index contributed by atoms with van der Waals surface area (Å²) in [7, 11) is 0. The highest BCUT2D eigenvalue weighted by atomic mass is 127. The third kappa shape index (κ3) is 37.5. The molecular formula is C34H65IN4O14. The molecule has 0 aliphatic carbocycles. The number of ether oxygens (including phenoxy) is 13. The summed E-state index contributed by atoms with van der Waals surface area (Å²) in [5.74, 6) is 0.00979. The van der Waals surface area contributed by atoms with Crippen LogP contribution in [0.4, 0.5) is 0 Å². The number of hydrogen-bond donors (Lipinski definition) is 1. The minimum Gasteiger partial charge on any atom is -0.379 e. The number of nitrogens with one attached hydrogen (secondary N) is 1. The summed E-state index contributed by atoms with van der Waals surface area (Å²) in [6.07, 6.45) is 2.86. The van der Waals surface area contributed by atoms with Gasteiger partial charge in [-0.15, -0.1) is 5.10 Å². The molecule has 0 bridgehead atoms. The van der Waals surface area contributed by atoms with Gasteiger partial charge in [-0.3, -0.25) is 4.79 Å². The average Bonchev–Trinajstić information content (AvgIpc) is 3.63. The second-order valence-electron chi connectivity index (χ2n) is 10.9. The van der Waals surface area contributed by atoms with Gasteiger partial charge in [0.15, 0.2) is 0 Å². The fraction of sp³-hybridized carbons (Fsp3) is 0.912. The number of alkyl halides is 1. The summed E-state index contributed by atoms with van der Waals surface area (Å²) in [5.41, 5.74) is 0.744. The van der Waals surface area contributed by atoms with E-state index in [2.05, 4.69) is 22.6 Å². The molecule has 0 aliphatic heterocycles. The van der Waals surface area contributed by atoms with Crippen LogP contribution >= 0.6 is 22.6 Å². The first kappa shape index (κ1) is 49.8. The molecule has 1 N–H and O–H groups in total. The lowest BCUT2D eigenvalue weighted by Crippen LogP contribution is -2.28. The lowest BCUT2D eigenvalue weighted by atomic mass is 10.5. The van der Waals surface area contributed by atoms with Crippen molar-refractivity contribution in [1.82, 2.24) is 20.3 Å². The van der Waals surface area contributed by atoms with Crippen molar-refractivity contribution < 1.29 is 66.4 Å². The van der Waals surface area contributed by atoms with E-state index in [4.69, 9.17) is 61.6 Å². The number of amides is 1. The van der Waals surface area contributed by atoms with Crippen LogP contribution in [0.5, 0.6) is 0 Å². The number of nitrogens with zero attached hydrogens (tertiary/aromatic N) is 3. The molecule has 1 aromatic rings. The maximum Gasteiger partial charge on any atom is 0.229 e. The molecule has 0 saturated carbocycles. The topological polar surface area (TPSA) is 180 Å². The predicted molar refractivity (Wildman–Crippen MR) is 202 cm³/mol. The van der Waals surface area contributed by atoms with Crippen molar-refractivity contribution in [3.63, 3.8) is 0 Å². The minimum absolute atomic E-state index is 0.00979. The van der Waals surface area contributed by atoms with Crippen molar-refractivity contribution in [3.05, 3.63) is 11.9 Å². The molecule has 1 heterocycles. The molecule has 0 saturated heterocycles. The van der Waals surface area contributed by atoms with Crippen molar-refractivity contribution in [3.8, 4) is 0 Å². The molecule has 53 heavy (non-hydrogen) atoms. The normalized spacial score (nSPS) is 11.5. The summed E-state index contributed by atoms with van der Waals surface area (Å²) in [5, 5.41) is 11.0. The first-order valence-corrected chi connectivity index (χ1v) is 20.0. The van der Waals surface area contributed by atoms with Crippen LogP contribution in [0.15, 0.2) is 6.20 Å². The largest absolute Gasteiger partial charge is 0.379 e. The molecule has 0 spiro atoms. The van der Waals surface area contributed by atoms with Crippen molar-refractivity contribution in [2.24, 2.45) is 0 Å². The van der Waals surface area contributed by atoms with Crippen LogP contribution in [-0.4, -0.2) is 197 Å². The van der Waals surface area contributed by atoms with Gasteiger partial charge in [-0.25, -0.2) is 4.68 Å². The first-order valence-electron chi connectivity index (χ1n) is 18.5. The fourth-order valence-electron chi connectivity index (χ4n) is 3.82. The number of carbonyl (C=O) groups excluding carboxylic acids is 1. The summed E-state index contributed by atoms with van der Waals surface area (Å²) >= 11 is 2.02. The Morgan fingerprint density at radius 3 is 1.25 bits per heavy atom. The van der Waals surface area contributed by atoms with E-state index in [1.807, 2.05) is 28.8 Å². The van der Waals surface area contributed by atoms with Crippen LogP contribution in [0.3, 0.4) is 0 Å². The molecule has 0 radical (unpaired) electrons. The van der Waals surface area contributed by atoms with Gasteiger partial charge in [0.1, 0.15) is 5.69 Å². The van der Waals surface area contributed by atoms with Gasteiger partial charge in [0.25, 0.3) is 0 Å². The molecule has 312 valence electrons. The fourth-order valence-corrected chi connectivity index (χ4v) is 4.09. The Kier molecular flexibility index (Phi) is 39.5. The minimum atomic E-state index is 0.00979. The van der Waals surface area contributed by atoms with E-state index in [1.165, 1.54) is 0 Å². The molecule has 1 rings (SSSR count). The lowest BCUT2D eigenvalue weighted by molar-refractivity contribution is -0.118. The van der Waals surface area contributed by atoms with Gasteiger partial charge < -0.3 is 66.9 Å². The molecule has 1 amide bonds. The number of rotatable bonds is 44. The Balaban J connectivity index is 1.74. The van der Waals surface area contributed by atoms with E-state index in [1.54, 1.807) is 4.68 Å². The van der Waals surface area contributed by atoms with Crippen LogP contribution in [0.25, 0.3) is 0 Å². The van der Waals surface area contributed by atoms with E-state index in [0.29, 0.717) is 183 Å². The zero-order valence-electron chi connectivity index (χ0n) is 31.7. The van der Waals surface area contributed by atoms with Crippen LogP contribution < -0.4 is 5.32 Å². The zero-order valence-corrected chi connectivity index (χ0v) is 33.9. The SMILES string of the molecule is CCCOCCOCCOCCOCCOCCOCCOCCn1cc(COCCOCCOCCOCCOCCOCCNC(=O)CI)nn1. The predicted octanol–water partition coefficient (Wildman–Crippen LogP) is 0.955. The molecule has 1 aromatic heterocycles. The van der Waals surface area contributed by atoms with Gasteiger partial charge in [-0.05, 0) is 6.42 Å². The van der Waals surface area contributed by atoms with Gasteiger partial charge in [0.05, 0.1) is 182 Å². The van der Waals surface area contributed by atoms with Crippen LogP contribution in [0.2, 0.25) is 0 Å². The Morgan fingerprint density at radius 2 is 0.868 bits per heavy atom. The van der Waals surface area contributed by atoms with Crippen LogP contribution in [0, 0.1) is 0 Å². The van der Waals surface area contributed by atoms with Crippen molar-refractivity contribution in [2.75, 3.05) is 176 Å². The van der Waals surface area contributed by atoms with E-state index in [9.17, 15) is 4.79 Å². The van der Waals surface area contributed by atoms with Crippen molar-refractivity contribution >= 4 is 28.5 Å². The molecule has 0 unspecified atom stereocenters. The standard InChI is InChI=1S/C34H65IN4O14/c1-2-5-41-8-11-44-14-17-47-20-22-50-23-21-49-19-16-46-13-10-43-7-4-39-31-33(37-38-39)32-53-29-28-52-27-26-51-25-24-48-18-15-45-12-9-42-6-3-36-34(40)30-35/h31H,2-30,32H2,1H3,(H,36,40). The molecule has 0 aromatic carbocycles. The van der Waals surface area contributed by atoms with Crippen molar-refractivity contribution in [2.45, 2.75) is 26.5 Å². The summed E-state index contributed by atoms with van der Waals surface area (Å²) in [6.45, 7) is 16.4. The quantitative estimate of drug-likeness (QED) is 0.0556. The average molecular weight is 881 g/mol. The van der Waals surface area contributed by atoms with Crippen LogP contribution in [0.1, 0.15) is 19.0 Å². The molecule has 0 atom stereocenters. The molecule has 19 heteroatoms. The van der Waals surface area contributed by atoms with E-state index in [0.717, 1.165) is 18.7 Å². The second kappa shape index (κ2) is 42.0. The van der Waals surface area contributed by atoms with E-state index in [-0.39, 0.29) is 5.91 Å². The lowest BCUT2D eigenvalue weighted by Gasteiger charge is -2.08. The van der Waals surface area contributed by atoms with Gasteiger partial charge in [-0.1, -0.05) is 34.7 Å². The molecular weight excluding hydrogens is 815 g/mol. The van der Waals surface area contributed by atoms with E-state index < -0.39 is 0 Å². The maximum absolute atomic E-state index is 11.1. The smallest absolute Gasteiger partial charge is 0.229 e. The third-order valence-electron chi connectivity index (χ3n) is 6.43. The van der Waals surface area contributed by atoms with Gasteiger partial charge in [0.2, 0.25) is 5.91 Å². The van der Waals surface area contributed by atoms with Gasteiger partial charge >= 0.3 is 0 Å². The van der Waals surface area contributed by atoms with E-state index >= 15 is 0 Å². The molecule has 0 aliphatic rings. The zero-order chi connectivity index (χ0) is 38.0. The number of carbonyl (C=O) groups is 1. The van der Waals surface area contributed by atoms with Crippen molar-refractivity contribution in [1.29, 1.82) is 0 Å². The Morgan fingerprint density at radius 1 is 0.528 bits per heavy atom. The number of aromatic nitrogens is 3. The Hall–Kier alpha value is -1.18. The van der Waals surface area contributed by atoms with Crippen LogP contribution in [-0.2, 0) is 79.5 Å². The summed E-state index contributed by atoms with van der Waals surface area (Å²) in [6, 6.07) is 0. The highest BCUT2D eigenvalue weighted by Crippen LogP contribution is 1.97. The molecule has 0 fully saturated rings. The highest BCUT2D eigenvalue weighted by molar-refractivity contribution is 14.1. The molecule has 18 nitrogen and oxygen atoms in total. The van der Waals surface area contributed by atoms with Gasteiger partial charge in [-0.2, -0.15) is 0 Å². The maximum atomic E-state index is 11.1. The number of halogens is 1. The Labute approximate surface area is 328 Å². The summed E-state index contributed by atoms with van der Waals surface area (Å²) < 4.78 is 73.4. The van der Waals surface area contributed by atoms with Gasteiger partial charge in [0, 0.05) is 13.2 Å². The number of hydrogen-bond acceptors (Lipinski definition) is 16. The Bertz CT molecular complexity index is 896.